The second-order valence-corrected chi connectivity index (χ2v) is 4.74. The van der Waals surface area contributed by atoms with Crippen LogP contribution in [0.2, 0.25) is 0 Å². The number of rotatable bonds is 2. The molecule has 3 aromatic rings. The van der Waals surface area contributed by atoms with E-state index in [9.17, 15) is 9.90 Å². The summed E-state index contributed by atoms with van der Waals surface area (Å²) < 4.78 is 0. The molecule has 0 saturated heterocycles. The Bertz CT molecular complexity index is 897. The van der Waals surface area contributed by atoms with E-state index in [0.717, 1.165) is 5.56 Å². The number of nitrogens with zero attached hydrogens (tertiary/aromatic N) is 2. The molecule has 0 aliphatic heterocycles. The maximum Gasteiger partial charge on any atom is 0.280 e. The maximum atomic E-state index is 12.0. The Morgan fingerprint density at radius 1 is 1.05 bits per heavy atom. The van der Waals surface area contributed by atoms with Crippen LogP contribution < -0.4 is 5.56 Å². The van der Waals surface area contributed by atoms with Gasteiger partial charge in [-0.2, -0.15) is 5.11 Å². The number of pyridine rings is 1. The van der Waals surface area contributed by atoms with Crippen LogP contribution in [0.25, 0.3) is 10.9 Å². The van der Waals surface area contributed by atoms with Crippen molar-refractivity contribution in [2.75, 3.05) is 0 Å². The normalized spacial score (nSPS) is 11.3. The van der Waals surface area contributed by atoms with Gasteiger partial charge in [0.1, 0.15) is 0 Å². The van der Waals surface area contributed by atoms with Crippen LogP contribution in [0.5, 0.6) is 5.75 Å². The second kappa shape index (κ2) is 5.20. The smallest absolute Gasteiger partial charge is 0.280 e. The highest BCUT2D eigenvalue weighted by Gasteiger charge is 2.10. The first-order chi connectivity index (χ1) is 10.1. The average Bonchev–Trinajstić information content (AvgIpc) is 2.47. The molecular formula is C16H13N3O2. The number of para-hydroxylation sites is 1. The maximum absolute atomic E-state index is 12.0. The molecule has 5 heteroatoms. The molecule has 1 aromatic heterocycles. The van der Waals surface area contributed by atoms with Crippen LogP contribution in [-0.4, -0.2) is 10.1 Å². The van der Waals surface area contributed by atoms with E-state index in [0.29, 0.717) is 16.6 Å². The van der Waals surface area contributed by atoms with Gasteiger partial charge in [-0.3, -0.25) is 4.79 Å². The highest BCUT2D eigenvalue weighted by molar-refractivity contribution is 5.88. The lowest BCUT2D eigenvalue weighted by molar-refractivity contribution is 0.481. The molecule has 21 heavy (non-hydrogen) atoms. The second-order valence-electron chi connectivity index (χ2n) is 4.74. The van der Waals surface area contributed by atoms with Gasteiger partial charge in [-0.25, -0.2) is 0 Å². The van der Waals surface area contributed by atoms with E-state index in [4.69, 9.17) is 0 Å². The lowest BCUT2D eigenvalue weighted by Gasteiger charge is -2.02. The predicted octanol–water partition coefficient (Wildman–Crippen LogP) is 3.96. The van der Waals surface area contributed by atoms with E-state index in [1.165, 1.54) is 0 Å². The first-order valence-corrected chi connectivity index (χ1v) is 6.47. The van der Waals surface area contributed by atoms with Crippen molar-refractivity contribution in [1.82, 2.24) is 4.98 Å². The van der Waals surface area contributed by atoms with Crippen LogP contribution in [0.15, 0.2) is 63.6 Å². The lowest BCUT2D eigenvalue weighted by Crippen LogP contribution is -2.04. The summed E-state index contributed by atoms with van der Waals surface area (Å²) in [6.07, 6.45) is 0. The molecule has 1 heterocycles. The third-order valence-corrected chi connectivity index (χ3v) is 3.14. The van der Waals surface area contributed by atoms with Gasteiger partial charge in [-0.15, -0.1) is 5.11 Å². The standard InChI is InChI=1S/C16H13N3O2/c1-10-5-4-6-11(9-10)18-19-14-15(20)12-7-2-3-8-13(12)17-16(14)21/h2-9H,1H3,(H2,17,20,21). The van der Waals surface area contributed by atoms with Gasteiger partial charge in [0.25, 0.3) is 5.56 Å². The van der Waals surface area contributed by atoms with Crippen molar-refractivity contribution in [2.24, 2.45) is 10.2 Å². The molecule has 0 unspecified atom stereocenters. The molecule has 0 aliphatic rings. The summed E-state index contributed by atoms with van der Waals surface area (Å²) in [5, 5.41) is 18.6. The zero-order valence-corrected chi connectivity index (χ0v) is 11.4. The molecule has 5 nitrogen and oxygen atoms in total. The van der Waals surface area contributed by atoms with Crippen molar-refractivity contribution >= 4 is 22.3 Å². The predicted molar refractivity (Wildman–Crippen MR) is 81.6 cm³/mol. The first kappa shape index (κ1) is 13.1. The molecule has 3 rings (SSSR count). The van der Waals surface area contributed by atoms with Gasteiger partial charge in [0.2, 0.25) is 0 Å². The van der Waals surface area contributed by atoms with E-state index < -0.39 is 5.56 Å². The minimum Gasteiger partial charge on any atom is -0.505 e. The van der Waals surface area contributed by atoms with Crippen LogP contribution >= 0.6 is 0 Å². The number of aromatic nitrogens is 1. The number of azo groups is 1. The average molecular weight is 279 g/mol. The third kappa shape index (κ3) is 2.53. The van der Waals surface area contributed by atoms with E-state index in [-0.39, 0.29) is 11.4 Å². The molecule has 0 amide bonds. The molecule has 0 bridgehead atoms. The van der Waals surface area contributed by atoms with Gasteiger partial charge in [0.15, 0.2) is 11.4 Å². The summed E-state index contributed by atoms with van der Waals surface area (Å²) in [7, 11) is 0. The molecule has 0 atom stereocenters. The Morgan fingerprint density at radius 3 is 2.67 bits per heavy atom. The molecular weight excluding hydrogens is 266 g/mol. The Morgan fingerprint density at radius 2 is 1.86 bits per heavy atom. The van der Waals surface area contributed by atoms with Crippen molar-refractivity contribution in [3.05, 3.63) is 64.4 Å². The molecule has 0 saturated carbocycles. The van der Waals surface area contributed by atoms with Crippen molar-refractivity contribution in [3.63, 3.8) is 0 Å². The summed E-state index contributed by atoms with van der Waals surface area (Å²) in [5.74, 6) is -0.161. The fourth-order valence-electron chi connectivity index (χ4n) is 2.11. The van der Waals surface area contributed by atoms with Crippen LogP contribution in [-0.2, 0) is 0 Å². The molecule has 0 spiro atoms. The number of aryl methyl sites for hydroxylation is 1. The Hall–Kier alpha value is -2.95. The SMILES string of the molecule is Cc1cccc(N=Nc2c(O)c3ccccc3[nH]c2=O)c1. The molecule has 2 N–H and O–H groups in total. The van der Waals surface area contributed by atoms with Gasteiger partial charge in [-0.1, -0.05) is 24.3 Å². The van der Waals surface area contributed by atoms with E-state index in [2.05, 4.69) is 15.2 Å². The molecule has 0 radical (unpaired) electrons. The van der Waals surface area contributed by atoms with Crippen molar-refractivity contribution in [3.8, 4) is 5.75 Å². The van der Waals surface area contributed by atoms with Crippen molar-refractivity contribution in [1.29, 1.82) is 0 Å². The highest BCUT2D eigenvalue weighted by atomic mass is 16.3. The van der Waals surface area contributed by atoms with Gasteiger partial charge in [0, 0.05) is 5.39 Å². The molecule has 0 fully saturated rings. The van der Waals surface area contributed by atoms with Crippen LogP contribution in [0.1, 0.15) is 5.56 Å². The van der Waals surface area contributed by atoms with Crippen LogP contribution in [0, 0.1) is 6.92 Å². The van der Waals surface area contributed by atoms with E-state index in [1.54, 1.807) is 30.3 Å². The number of H-pyrrole nitrogens is 1. The Balaban J connectivity index is 2.10. The fourth-order valence-corrected chi connectivity index (χ4v) is 2.11. The van der Waals surface area contributed by atoms with Gasteiger partial charge in [0.05, 0.1) is 11.2 Å². The lowest BCUT2D eigenvalue weighted by atomic mass is 10.2. The van der Waals surface area contributed by atoms with Crippen LogP contribution in [0.4, 0.5) is 11.4 Å². The third-order valence-electron chi connectivity index (χ3n) is 3.14. The van der Waals surface area contributed by atoms with Gasteiger partial charge in [-0.05, 0) is 36.8 Å². The Labute approximate surface area is 120 Å². The quantitative estimate of drug-likeness (QED) is 0.696. The number of hydrogen-bond donors (Lipinski definition) is 2. The van der Waals surface area contributed by atoms with E-state index in [1.807, 2.05) is 25.1 Å². The summed E-state index contributed by atoms with van der Waals surface area (Å²) in [6, 6.07) is 14.4. The molecule has 104 valence electrons. The summed E-state index contributed by atoms with van der Waals surface area (Å²) in [6.45, 7) is 1.94. The Kier molecular flexibility index (Phi) is 3.23. The number of hydrogen-bond acceptors (Lipinski definition) is 4. The minimum atomic E-state index is -0.470. The topological polar surface area (TPSA) is 77.8 Å². The van der Waals surface area contributed by atoms with Crippen molar-refractivity contribution in [2.45, 2.75) is 6.92 Å². The number of nitrogens with one attached hydrogen (secondary N) is 1. The minimum absolute atomic E-state index is 0.0878. The molecule has 0 aliphatic carbocycles. The van der Waals surface area contributed by atoms with Gasteiger partial charge < -0.3 is 10.1 Å². The van der Waals surface area contributed by atoms with Crippen LogP contribution in [0.3, 0.4) is 0 Å². The number of benzene rings is 2. The fraction of sp³-hybridized carbons (Fsp3) is 0.0625. The summed E-state index contributed by atoms with van der Waals surface area (Å²) >= 11 is 0. The zero-order chi connectivity index (χ0) is 14.8. The van der Waals surface area contributed by atoms with E-state index >= 15 is 0 Å². The monoisotopic (exact) mass is 279 g/mol. The van der Waals surface area contributed by atoms with Gasteiger partial charge >= 0.3 is 0 Å². The largest absolute Gasteiger partial charge is 0.505 e. The van der Waals surface area contributed by atoms with Crippen molar-refractivity contribution < 1.29 is 5.11 Å². The summed E-state index contributed by atoms with van der Waals surface area (Å²) in [5.41, 5.74) is 1.68. The zero-order valence-electron chi connectivity index (χ0n) is 11.4. The number of aromatic hydroxyl groups is 1. The first-order valence-electron chi connectivity index (χ1n) is 6.47. The number of fused-ring (bicyclic) bond motifs is 1. The molecule has 2 aromatic carbocycles. The summed E-state index contributed by atoms with van der Waals surface area (Å²) in [4.78, 5) is 14.7. The highest BCUT2D eigenvalue weighted by Crippen LogP contribution is 2.31. The number of aromatic amines is 1.